The number of nitrogens with zero attached hydrogens (tertiary/aromatic N) is 6. The molecule has 192 valence electrons. The van der Waals surface area contributed by atoms with Gasteiger partial charge in [-0.15, -0.1) is 5.10 Å². The number of aryl methyl sites for hydroxylation is 2. The minimum absolute atomic E-state index is 0.00201. The SMILES string of the molecule is Cc1ccc(S(=O)(=O)CCCCn2c(=O)n(CC3CC3)c3c2nc(N)n2nc(-c4ccco4)nc32)cc1. The maximum absolute atomic E-state index is 13.5. The highest BCUT2D eigenvalue weighted by atomic mass is 32.2. The van der Waals surface area contributed by atoms with Gasteiger partial charge in [0.05, 0.1) is 16.9 Å². The van der Waals surface area contributed by atoms with Gasteiger partial charge in [0.25, 0.3) is 0 Å². The highest BCUT2D eigenvalue weighted by Gasteiger charge is 2.28. The first kappa shape index (κ1) is 23.5. The van der Waals surface area contributed by atoms with Crippen molar-refractivity contribution in [2.75, 3.05) is 11.5 Å². The van der Waals surface area contributed by atoms with Crippen molar-refractivity contribution in [1.82, 2.24) is 28.7 Å². The van der Waals surface area contributed by atoms with Gasteiger partial charge in [-0.05, 0) is 62.8 Å². The normalized spacial score (nSPS) is 14.2. The monoisotopic (exact) mass is 521 g/mol. The molecule has 4 aromatic heterocycles. The molecule has 1 aliphatic carbocycles. The van der Waals surface area contributed by atoms with E-state index in [-0.39, 0.29) is 17.4 Å². The van der Waals surface area contributed by atoms with Crippen LogP contribution in [-0.2, 0) is 22.9 Å². The number of imidazole rings is 1. The van der Waals surface area contributed by atoms with Gasteiger partial charge < -0.3 is 10.2 Å². The number of rotatable bonds is 9. The summed E-state index contributed by atoms with van der Waals surface area (Å²) >= 11 is 0. The van der Waals surface area contributed by atoms with Crippen molar-refractivity contribution in [1.29, 1.82) is 0 Å². The van der Waals surface area contributed by atoms with E-state index in [0.29, 0.717) is 65.1 Å². The van der Waals surface area contributed by atoms with Gasteiger partial charge in [0.15, 0.2) is 26.9 Å². The van der Waals surface area contributed by atoms with E-state index in [2.05, 4.69) is 15.1 Å². The number of benzene rings is 1. The Bertz CT molecular complexity index is 1760. The van der Waals surface area contributed by atoms with Crippen LogP contribution in [0, 0.1) is 12.8 Å². The summed E-state index contributed by atoms with van der Waals surface area (Å²) in [6.07, 6.45) is 4.57. The number of sulfone groups is 1. The molecule has 0 aliphatic heterocycles. The first-order chi connectivity index (χ1) is 17.8. The number of anilines is 1. The van der Waals surface area contributed by atoms with Crippen molar-refractivity contribution in [2.24, 2.45) is 5.92 Å². The second kappa shape index (κ2) is 8.87. The molecule has 0 amide bonds. The minimum atomic E-state index is -3.40. The van der Waals surface area contributed by atoms with Crippen LogP contribution < -0.4 is 11.4 Å². The Labute approximate surface area is 212 Å². The summed E-state index contributed by atoms with van der Waals surface area (Å²) < 4.78 is 35.6. The molecular formula is C25H27N7O4S. The minimum Gasteiger partial charge on any atom is -0.461 e. The van der Waals surface area contributed by atoms with Gasteiger partial charge in [-0.25, -0.2) is 18.2 Å². The van der Waals surface area contributed by atoms with E-state index < -0.39 is 9.84 Å². The molecule has 5 aromatic rings. The van der Waals surface area contributed by atoms with Gasteiger partial charge in [0.2, 0.25) is 11.8 Å². The van der Waals surface area contributed by atoms with Crippen LogP contribution in [0.4, 0.5) is 5.95 Å². The summed E-state index contributed by atoms with van der Waals surface area (Å²) in [6, 6.07) is 10.3. The fourth-order valence-electron chi connectivity index (χ4n) is 4.56. The number of hydrogen-bond donors (Lipinski definition) is 1. The largest absolute Gasteiger partial charge is 0.461 e. The summed E-state index contributed by atoms with van der Waals surface area (Å²) in [6.45, 7) is 2.80. The number of hydrogen-bond acceptors (Lipinski definition) is 8. The Hall–Kier alpha value is -3.93. The average molecular weight is 522 g/mol. The predicted octanol–water partition coefficient (Wildman–Crippen LogP) is 3.06. The zero-order chi connectivity index (χ0) is 25.7. The quantitative estimate of drug-likeness (QED) is 0.292. The van der Waals surface area contributed by atoms with Crippen LogP contribution in [0.3, 0.4) is 0 Å². The smallest absolute Gasteiger partial charge is 0.330 e. The molecule has 0 unspecified atom stereocenters. The maximum Gasteiger partial charge on any atom is 0.330 e. The lowest BCUT2D eigenvalue weighted by atomic mass is 10.2. The summed E-state index contributed by atoms with van der Waals surface area (Å²) in [7, 11) is -3.40. The Morgan fingerprint density at radius 1 is 1.05 bits per heavy atom. The molecule has 0 radical (unpaired) electrons. The Morgan fingerprint density at radius 3 is 2.54 bits per heavy atom. The van der Waals surface area contributed by atoms with E-state index in [4.69, 9.17) is 10.2 Å². The highest BCUT2D eigenvalue weighted by molar-refractivity contribution is 7.91. The van der Waals surface area contributed by atoms with Crippen molar-refractivity contribution < 1.29 is 12.8 Å². The fourth-order valence-corrected chi connectivity index (χ4v) is 5.93. The van der Waals surface area contributed by atoms with E-state index in [9.17, 15) is 13.2 Å². The van der Waals surface area contributed by atoms with Crippen LogP contribution in [0.1, 0.15) is 31.2 Å². The Morgan fingerprint density at radius 2 is 1.84 bits per heavy atom. The predicted molar refractivity (Wildman–Crippen MR) is 138 cm³/mol. The zero-order valence-corrected chi connectivity index (χ0v) is 21.2. The average Bonchev–Trinajstić information content (AvgIpc) is 3.25. The van der Waals surface area contributed by atoms with Gasteiger partial charge in [0.1, 0.15) is 5.52 Å². The van der Waals surface area contributed by atoms with Crippen molar-refractivity contribution in [3.63, 3.8) is 0 Å². The molecule has 37 heavy (non-hydrogen) atoms. The molecule has 1 aromatic carbocycles. The lowest BCUT2D eigenvalue weighted by molar-refractivity contribution is 0.562. The third-order valence-corrected chi connectivity index (χ3v) is 8.58. The number of unbranched alkanes of at least 4 members (excludes halogenated alkanes) is 1. The molecule has 0 bridgehead atoms. The first-order valence-corrected chi connectivity index (χ1v) is 14.0. The molecule has 12 heteroatoms. The molecule has 1 aliphatic rings. The van der Waals surface area contributed by atoms with Gasteiger partial charge in [-0.2, -0.15) is 9.50 Å². The zero-order valence-electron chi connectivity index (χ0n) is 20.4. The van der Waals surface area contributed by atoms with Crippen LogP contribution >= 0.6 is 0 Å². The van der Waals surface area contributed by atoms with Gasteiger partial charge in [0, 0.05) is 13.1 Å². The molecule has 0 spiro atoms. The molecule has 4 heterocycles. The molecular weight excluding hydrogens is 494 g/mol. The number of nitrogens with two attached hydrogens (primary N) is 1. The molecule has 2 N–H and O–H groups in total. The number of aromatic nitrogens is 6. The highest BCUT2D eigenvalue weighted by Crippen LogP contribution is 2.32. The fraction of sp³-hybridized carbons (Fsp3) is 0.360. The van der Waals surface area contributed by atoms with Crippen molar-refractivity contribution in [2.45, 2.75) is 50.6 Å². The molecule has 6 rings (SSSR count). The molecule has 0 atom stereocenters. The lowest BCUT2D eigenvalue weighted by Gasteiger charge is -2.06. The van der Waals surface area contributed by atoms with Gasteiger partial charge in [-0.3, -0.25) is 9.13 Å². The van der Waals surface area contributed by atoms with Gasteiger partial charge >= 0.3 is 5.69 Å². The van der Waals surface area contributed by atoms with Crippen LogP contribution in [0.15, 0.2) is 56.8 Å². The summed E-state index contributed by atoms with van der Waals surface area (Å²) in [5.74, 6) is 1.38. The second-order valence-corrected chi connectivity index (χ2v) is 11.7. The Balaban J connectivity index is 1.33. The summed E-state index contributed by atoms with van der Waals surface area (Å²) in [5.41, 5.74) is 8.47. The molecule has 1 fully saturated rings. The van der Waals surface area contributed by atoms with E-state index in [0.717, 1.165) is 18.4 Å². The van der Waals surface area contributed by atoms with E-state index in [1.165, 1.54) is 10.8 Å². The third-order valence-electron chi connectivity index (χ3n) is 6.76. The van der Waals surface area contributed by atoms with Gasteiger partial charge in [-0.1, -0.05) is 17.7 Å². The van der Waals surface area contributed by atoms with E-state index >= 15 is 0 Å². The molecule has 11 nitrogen and oxygen atoms in total. The maximum atomic E-state index is 13.5. The topological polar surface area (TPSA) is 143 Å². The molecule has 1 saturated carbocycles. The van der Waals surface area contributed by atoms with E-state index in [1.54, 1.807) is 45.5 Å². The van der Waals surface area contributed by atoms with Crippen LogP contribution in [0.2, 0.25) is 0 Å². The van der Waals surface area contributed by atoms with Crippen molar-refractivity contribution in [3.05, 3.63) is 58.7 Å². The molecule has 0 saturated heterocycles. The Kier molecular flexibility index (Phi) is 5.63. The van der Waals surface area contributed by atoms with Crippen LogP contribution in [0.5, 0.6) is 0 Å². The van der Waals surface area contributed by atoms with E-state index in [1.807, 2.05) is 6.92 Å². The first-order valence-electron chi connectivity index (χ1n) is 12.3. The lowest BCUT2D eigenvalue weighted by Crippen LogP contribution is -2.25. The summed E-state index contributed by atoms with van der Waals surface area (Å²) in [4.78, 5) is 23.0. The van der Waals surface area contributed by atoms with Crippen LogP contribution in [0.25, 0.3) is 28.4 Å². The second-order valence-electron chi connectivity index (χ2n) is 9.62. The number of nitrogen functional groups attached to an aromatic ring is 1. The standard InChI is InChI=1S/C25H27N7O4S/c1-16-6-10-18(11-7-16)37(34,35)14-3-2-12-30-22-20(31(25(30)33)15-17-8-9-17)23-27-21(19-5-4-13-36-19)29-32(23)24(26)28-22/h4-7,10-11,13,17H,2-3,8-9,12,14-15H2,1H3,(H2,26,28). The van der Waals surface area contributed by atoms with Crippen molar-refractivity contribution in [3.8, 4) is 11.6 Å². The van der Waals surface area contributed by atoms with Crippen LogP contribution in [-0.4, -0.2) is 42.9 Å². The summed E-state index contributed by atoms with van der Waals surface area (Å²) in [5, 5.41) is 4.45. The number of fused-ring (bicyclic) bond motifs is 3. The third kappa shape index (κ3) is 4.31. The van der Waals surface area contributed by atoms with Crippen molar-refractivity contribution >= 4 is 32.6 Å². The number of furan rings is 1.